The third-order valence-corrected chi connectivity index (χ3v) is 3.29. The molecule has 0 bridgehead atoms. The minimum atomic E-state index is 0.165. The van der Waals surface area contributed by atoms with Gasteiger partial charge in [0.1, 0.15) is 5.01 Å². The zero-order valence-corrected chi connectivity index (χ0v) is 9.98. The van der Waals surface area contributed by atoms with Crippen LogP contribution in [0.15, 0.2) is 5.38 Å². The Morgan fingerprint density at radius 3 is 2.93 bits per heavy atom. The molecule has 14 heavy (non-hydrogen) atoms. The number of nitrogens with zero attached hydrogens (tertiary/aromatic N) is 2. The summed E-state index contributed by atoms with van der Waals surface area (Å²) >= 11 is 7.27. The summed E-state index contributed by atoms with van der Waals surface area (Å²) in [5, 5.41) is 12.0. The lowest BCUT2D eigenvalue weighted by atomic mass is 10.3. The van der Waals surface area contributed by atoms with E-state index in [-0.39, 0.29) is 12.6 Å². The maximum atomic E-state index is 8.95. The third kappa shape index (κ3) is 3.20. The molecule has 0 radical (unpaired) electrons. The van der Waals surface area contributed by atoms with E-state index in [0.717, 1.165) is 17.2 Å². The van der Waals surface area contributed by atoms with Gasteiger partial charge in [0.05, 0.1) is 24.7 Å². The van der Waals surface area contributed by atoms with Gasteiger partial charge in [-0.3, -0.25) is 4.90 Å². The monoisotopic (exact) mass is 234 g/mol. The van der Waals surface area contributed by atoms with Gasteiger partial charge in [0, 0.05) is 11.4 Å². The highest BCUT2D eigenvalue weighted by molar-refractivity contribution is 7.09. The van der Waals surface area contributed by atoms with Gasteiger partial charge in [-0.2, -0.15) is 0 Å². The molecular formula is C9H15ClN2OS. The highest BCUT2D eigenvalue weighted by Crippen LogP contribution is 2.14. The van der Waals surface area contributed by atoms with Crippen LogP contribution in [-0.4, -0.2) is 34.7 Å². The van der Waals surface area contributed by atoms with Crippen molar-refractivity contribution >= 4 is 22.9 Å². The van der Waals surface area contributed by atoms with E-state index in [2.05, 4.69) is 9.88 Å². The number of aliphatic hydroxyl groups excluding tert-OH is 1. The molecule has 1 aromatic rings. The zero-order chi connectivity index (χ0) is 10.6. The van der Waals surface area contributed by atoms with Gasteiger partial charge in [0.15, 0.2) is 0 Å². The number of halogens is 1. The van der Waals surface area contributed by atoms with Crippen LogP contribution in [0.1, 0.15) is 17.6 Å². The molecule has 0 saturated carbocycles. The van der Waals surface area contributed by atoms with Crippen molar-refractivity contribution in [1.29, 1.82) is 0 Å². The van der Waals surface area contributed by atoms with Crippen molar-refractivity contribution in [1.82, 2.24) is 9.88 Å². The Labute approximate surface area is 93.3 Å². The van der Waals surface area contributed by atoms with Crippen LogP contribution in [0, 0.1) is 0 Å². The second kappa shape index (κ2) is 5.66. The SMILES string of the molecule is CC(CO)N(C)Cc1nc(CCl)cs1. The van der Waals surface area contributed by atoms with E-state index in [1.807, 2.05) is 19.4 Å². The summed E-state index contributed by atoms with van der Waals surface area (Å²) < 4.78 is 0. The number of thiazole rings is 1. The van der Waals surface area contributed by atoms with E-state index in [1.54, 1.807) is 11.3 Å². The number of alkyl halides is 1. The molecule has 1 heterocycles. The standard InChI is InChI=1S/C9H15ClN2OS/c1-7(5-13)12(2)4-9-11-8(3-10)6-14-9/h6-7,13H,3-5H2,1-2H3. The first-order valence-corrected chi connectivity index (χ1v) is 5.89. The van der Waals surface area contributed by atoms with Crippen molar-refractivity contribution in [3.63, 3.8) is 0 Å². The number of aliphatic hydroxyl groups is 1. The Balaban J connectivity index is 2.51. The number of likely N-dealkylation sites (N-methyl/N-ethyl adjacent to an activating group) is 1. The third-order valence-electron chi connectivity index (χ3n) is 2.14. The molecule has 3 nitrogen and oxygen atoms in total. The Hall–Kier alpha value is -0.160. The average molecular weight is 235 g/mol. The molecule has 0 aliphatic carbocycles. The average Bonchev–Trinajstić information content (AvgIpc) is 2.64. The number of rotatable bonds is 5. The van der Waals surface area contributed by atoms with Crippen LogP contribution in [0.5, 0.6) is 0 Å². The van der Waals surface area contributed by atoms with Gasteiger partial charge in [-0.05, 0) is 14.0 Å². The van der Waals surface area contributed by atoms with Crippen LogP contribution in [0.2, 0.25) is 0 Å². The Morgan fingerprint density at radius 1 is 1.71 bits per heavy atom. The van der Waals surface area contributed by atoms with Crippen LogP contribution < -0.4 is 0 Å². The zero-order valence-electron chi connectivity index (χ0n) is 8.40. The number of aromatic nitrogens is 1. The first-order chi connectivity index (χ1) is 6.67. The fraction of sp³-hybridized carbons (Fsp3) is 0.667. The molecule has 1 atom stereocenters. The molecule has 0 fully saturated rings. The lowest BCUT2D eigenvalue weighted by Gasteiger charge is -2.21. The second-order valence-corrected chi connectivity index (χ2v) is 4.52. The van der Waals surface area contributed by atoms with Crippen molar-refractivity contribution in [2.75, 3.05) is 13.7 Å². The van der Waals surface area contributed by atoms with Crippen molar-refractivity contribution in [3.05, 3.63) is 16.1 Å². The van der Waals surface area contributed by atoms with Crippen LogP contribution in [0.3, 0.4) is 0 Å². The highest BCUT2D eigenvalue weighted by atomic mass is 35.5. The second-order valence-electron chi connectivity index (χ2n) is 3.31. The molecule has 1 aromatic heterocycles. The van der Waals surface area contributed by atoms with E-state index in [9.17, 15) is 0 Å². The Kier molecular flexibility index (Phi) is 4.81. The van der Waals surface area contributed by atoms with E-state index >= 15 is 0 Å². The fourth-order valence-corrected chi connectivity index (χ4v) is 2.08. The molecule has 5 heteroatoms. The topological polar surface area (TPSA) is 36.4 Å². The van der Waals surface area contributed by atoms with Crippen LogP contribution >= 0.6 is 22.9 Å². The Morgan fingerprint density at radius 2 is 2.43 bits per heavy atom. The van der Waals surface area contributed by atoms with Gasteiger partial charge in [0.25, 0.3) is 0 Å². The normalized spacial score (nSPS) is 13.5. The summed E-state index contributed by atoms with van der Waals surface area (Å²) in [5.41, 5.74) is 0.928. The van der Waals surface area contributed by atoms with Crippen LogP contribution in [-0.2, 0) is 12.4 Å². The molecular weight excluding hydrogens is 220 g/mol. The van der Waals surface area contributed by atoms with Crippen LogP contribution in [0.25, 0.3) is 0 Å². The van der Waals surface area contributed by atoms with E-state index in [1.165, 1.54) is 0 Å². The van der Waals surface area contributed by atoms with E-state index in [0.29, 0.717) is 5.88 Å². The summed E-state index contributed by atoms with van der Waals surface area (Å²) in [7, 11) is 1.97. The molecule has 0 aliphatic heterocycles. The number of hydrogen-bond donors (Lipinski definition) is 1. The lowest BCUT2D eigenvalue weighted by Crippen LogP contribution is -2.31. The summed E-state index contributed by atoms with van der Waals surface area (Å²) in [4.78, 5) is 6.41. The Bertz CT molecular complexity index is 280. The van der Waals surface area contributed by atoms with Crippen molar-refractivity contribution < 1.29 is 5.11 Å². The minimum Gasteiger partial charge on any atom is -0.395 e. The number of hydrogen-bond acceptors (Lipinski definition) is 4. The summed E-state index contributed by atoms with van der Waals surface area (Å²) in [6.07, 6.45) is 0. The lowest BCUT2D eigenvalue weighted by molar-refractivity contribution is 0.154. The predicted octanol–water partition coefficient (Wildman–Crippen LogP) is 1.69. The smallest absolute Gasteiger partial charge is 0.107 e. The molecule has 0 spiro atoms. The van der Waals surface area contributed by atoms with E-state index < -0.39 is 0 Å². The van der Waals surface area contributed by atoms with Crippen molar-refractivity contribution in [2.24, 2.45) is 0 Å². The summed E-state index contributed by atoms with van der Waals surface area (Å²) in [5.74, 6) is 0.468. The van der Waals surface area contributed by atoms with Gasteiger partial charge < -0.3 is 5.11 Å². The maximum Gasteiger partial charge on any atom is 0.107 e. The molecule has 0 amide bonds. The van der Waals surface area contributed by atoms with Gasteiger partial charge in [-0.15, -0.1) is 22.9 Å². The van der Waals surface area contributed by atoms with Crippen LogP contribution in [0.4, 0.5) is 0 Å². The fourth-order valence-electron chi connectivity index (χ4n) is 0.991. The van der Waals surface area contributed by atoms with Gasteiger partial charge in [-0.1, -0.05) is 0 Å². The maximum absolute atomic E-state index is 8.95. The molecule has 0 aromatic carbocycles. The minimum absolute atomic E-state index is 0.165. The molecule has 1 unspecified atom stereocenters. The molecule has 0 saturated heterocycles. The quantitative estimate of drug-likeness (QED) is 0.788. The van der Waals surface area contributed by atoms with E-state index in [4.69, 9.17) is 16.7 Å². The molecule has 80 valence electrons. The largest absolute Gasteiger partial charge is 0.395 e. The molecule has 1 N–H and O–H groups in total. The van der Waals surface area contributed by atoms with Gasteiger partial charge in [0.2, 0.25) is 0 Å². The highest BCUT2D eigenvalue weighted by Gasteiger charge is 2.10. The predicted molar refractivity (Wildman–Crippen MR) is 59.7 cm³/mol. The van der Waals surface area contributed by atoms with Crippen molar-refractivity contribution in [2.45, 2.75) is 25.4 Å². The molecule has 1 rings (SSSR count). The first kappa shape index (κ1) is 11.9. The van der Waals surface area contributed by atoms with Gasteiger partial charge in [-0.25, -0.2) is 4.98 Å². The summed E-state index contributed by atoms with van der Waals surface area (Å²) in [6.45, 7) is 2.92. The first-order valence-electron chi connectivity index (χ1n) is 4.47. The molecule has 0 aliphatic rings. The summed E-state index contributed by atoms with van der Waals surface area (Å²) in [6, 6.07) is 0.165. The van der Waals surface area contributed by atoms with Gasteiger partial charge >= 0.3 is 0 Å². The van der Waals surface area contributed by atoms with Crippen molar-refractivity contribution in [3.8, 4) is 0 Å².